The molecule has 5 rings (SSSR count). The fraction of sp³-hybridized carbons (Fsp3) is 0.609. The average molecular weight is 461 g/mol. The standard InChI is InChI=1S/C23H28N2O6S/c1-25-9-8-23-13-4-5-16(26)20(23)31-19-17(6-3-12(18(19)23)11-15(13)25)30-22(29)24-14(21(27)28)7-10-32-2/h3,6,13-15,20H,4-5,7-11H2,1-2H3,(H,24,29)(H,27,28)/t13?,14-,15?,20+,23?/m1/s1. The van der Waals surface area contributed by atoms with Crippen molar-refractivity contribution >= 4 is 29.6 Å². The third-order valence-electron chi connectivity index (χ3n) is 7.77. The fourth-order valence-electron chi connectivity index (χ4n) is 6.36. The third kappa shape index (κ3) is 3.12. The molecule has 2 aliphatic carbocycles. The van der Waals surface area contributed by atoms with Gasteiger partial charge in [0.05, 0.1) is 0 Å². The molecular weight excluding hydrogens is 432 g/mol. The summed E-state index contributed by atoms with van der Waals surface area (Å²) in [6.07, 6.45) is 3.91. The van der Waals surface area contributed by atoms with Crippen LogP contribution in [0.4, 0.5) is 4.79 Å². The molecule has 2 heterocycles. The molecule has 9 heteroatoms. The monoisotopic (exact) mass is 460 g/mol. The summed E-state index contributed by atoms with van der Waals surface area (Å²) in [5.41, 5.74) is 1.83. The molecule has 4 aliphatic rings. The Morgan fingerprint density at radius 2 is 2.25 bits per heavy atom. The molecule has 32 heavy (non-hydrogen) atoms. The molecular formula is C23H28N2O6S. The number of hydrogen-bond donors (Lipinski definition) is 2. The molecule has 1 saturated heterocycles. The number of carbonyl (C=O) groups excluding carboxylic acids is 2. The normalized spacial score (nSPS) is 30.8. The Bertz CT molecular complexity index is 983. The fourth-order valence-corrected chi connectivity index (χ4v) is 6.83. The molecule has 1 saturated carbocycles. The predicted octanol–water partition coefficient (Wildman–Crippen LogP) is 2.22. The second kappa shape index (κ2) is 7.95. The number of hydrogen-bond acceptors (Lipinski definition) is 7. The summed E-state index contributed by atoms with van der Waals surface area (Å²) in [5.74, 6) is 0.702. The van der Waals surface area contributed by atoms with Gasteiger partial charge in [0.15, 0.2) is 23.4 Å². The van der Waals surface area contributed by atoms with E-state index in [1.54, 1.807) is 6.07 Å². The second-order valence-electron chi connectivity index (χ2n) is 9.28. The first-order valence-electron chi connectivity index (χ1n) is 11.1. The zero-order valence-electron chi connectivity index (χ0n) is 18.3. The number of ketones is 1. The highest BCUT2D eigenvalue weighted by Gasteiger charge is 2.65. The van der Waals surface area contributed by atoms with Gasteiger partial charge >= 0.3 is 12.1 Å². The number of carboxylic acids is 1. The van der Waals surface area contributed by atoms with Gasteiger partial charge in [0.2, 0.25) is 0 Å². The van der Waals surface area contributed by atoms with Crippen molar-refractivity contribution in [3.8, 4) is 11.5 Å². The van der Waals surface area contributed by atoms with E-state index in [1.165, 1.54) is 11.8 Å². The van der Waals surface area contributed by atoms with E-state index in [2.05, 4.69) is 17.3 Å². The van der Waals surface area contributed by atoms with E-state index in [1.807, 2.05) is 12.3 Å². The van der Waals surface area contributed by atoms with Crippen molar-refractivity contribution < 1.29 is 29.0 Å². The molecule has 5 atom stereocenters. The topological polar surface area (TPSA) is 105 Å². The number of rotatable bonds is 6. The van der Waals surface area contributed by atoms with Gasteiger partial charge in [0.1, 0.15) is 6.04 Å². The number of Topliss-reactive ketones (excluding diaryl/α,β-unsaturated/α-hetero) is 1. The van der Waals surface area contributed by atoms with Gasteiger partial charge in [0, 0.05) is 23.4 Å². The molecule has 2 bridgehead atoms. The largest absolute Gasteiger partial charge is 0.480 e. The number of benzene rings is 1. The Balaban J connectivity index is 1.47. The molecule has 1 aromatic rings. The lowest BCUT2D eigenvalue weighted by Crippen LogP contribution is -2.65. The van der Waals surface area contributed by atoms with Crippen molar-refractivity contribution in [2.45, 2.75) is 55.7 Å². The van der Waals surface area contributed by atoms with Crippen molar-refractivity contribution in [1.29, 1.82) is 0 Å². The number of carboxylic acid groups (broad SMARTS) is 1. The number of ether oxygens (including phenoxy) is 2. The van der Waals surface area contributed by atoms with Gasteiger partial charge in [-0.1, -0.05) is 6.07 Å². The van der Waals surface area contributed by atoms with Crippen LogP contribution in [0.1, 0.15) is 36.8 Å². The predicted molar refractivity (Wildman–Crippen MR) is 119 cm³/mol. The van der Waals surface area contributed by atoms with Gasteiger partial charge in [0.25, 0.3) is 0 Å². The Morgan fingerprint density at radius 1 is 1.44 bits per heavy atom. The molecule has 172 valence electrons. The summed E-state index contributed by atoms with van der Waals surface area (Å²) in [7, 11) is 2.16. The van der Waals surface area contributed by atoms with Crippen LogP contribution in [0.5, 0.6) is 11.5 Å². The van der Waals surface area contributed by atoms with Crippen LogP contribution in [-0.2, 0) is 21.4 Å². The number of nitrogens with one attached hydrogen (secondary N) is 1. The lowest BCUT2D eigenvalue weighted by atomic mass is 9.52. The van der Waals surface area contributed by atoms with Gasteiger partial charge < -0.3 is 24.8 Å². The summed E-state index contributed by atoms with van der Waals surface area (Å²) in [6, 6.07) is 3.03. The maximum Gasteiger partial charge on any atom is 0.413 e. The first-order valence-corrected chi connectivity index (χ1v) is 12.5. The number of carbonyl (C=O) groups is 3. The van der Waals surface area contributed by atoms with Crippen LogP contribution >= 0.6 is 11.8 Å². The molecule has 2 fully saturated rings. The summed E-state index contributed by atoms with van der Waals surface area (Å²) >= 11 is 1.51. The van der Waals surface area contributed by atoms with E-state index < -0.39 is 24.2 Å². The van der Waals surface area contributed by atoms with E-state index in [0.717, 1.165) is 36.9 Å². The molecule has 1 amide bonds. The minimum atomic E-state index is -1.10. The highest BCUT2D eigenvalue weighted by Crippen LogP contribution is 2.63. The van der Waals surface area contributed by atoms with Gasteiger partial charge in [-0.2, -0.15) is 11.8 Å². The van der Waals surface area contributed by atoms with E-state index in [4.69, 9.17) is 9.47 Å². The number of piperidine rings is 1. The first-order chi connectivity index (χ1) is 15.4. The summed E-state index contributed by atoms with van der Waals surface area (Å²) in [4.78, 5) is 39.4. The maximum atomic E-state index is 12.9. The Kier molecular flexibility index (Phi) is 5.36. The van der Waals surface area contributed by atoms with Crippen molar-refractivity contribution in [1.82, 2.24) is 10.2 Å². The van der Waals surface area contributed by atoms with Gasteiger partial charge in [-0.3, -0.25) is 4.79 Å². The number of likely N-dealkylation sites (tertiary alicyclic amines) is 1. The van der Waals surface area contributed by atoms with E-state index in [0.29, 0.717) is 36.3 Å². The zero-order chi connectivity index (χ0) is 22.6. The van der Waals surface area contributed by atoms with Crippen molar-refractivity contribution in [2.24, 2.45) is 5.92 Å². The Hall–Kier alpha value is -2.26. The molecule has 2 aliphatic heterocycles. The quantitative estimate of drug-likeness (QED) is 0.666. The lowest BCUT2D eigenvalue weighted by Gasteiger charge is -2.57. The van der Waals surface area contributed by atoms with Crippen molar-refractivity contribution in [3.63, 3.8) is 0 Å². The summed E-state index contributed by atoms with van der Waals surface area (Å²) in [5, 5.41) is 11.8. The molecule has 8 nitrogen and oxygen atoms in total. The minimum Gasteiger partial charge on any atom is -0.480 e. The summed E-state index contributed by atoms with van der Waals surface area (Å²) < 4.78 is 11.8. The number of nitrogens with zero attached hydrogens (tertiary/aromatic N) is 1. The van der Waals surface area contributed by atoms with E-state index in [-0.39, 0.29) is 16.9 Å². The van der Waals surface area contributed by atoms with Crippen LogP contribution in [0.3, 0.4) is 0 Å². The smallest absolute Gasteiger partial charge is 0.413 e. The average Bonchev–Trinajstić information content (AvgIpc) is 3.12. The van der Waals surface area contributed by atoms with Crippen LogP contribution < -0.4 is 14.8 Å². The zero-order valence-corrected chi connectivity index (χ0v) is 19.1. The van der Waals surface area contributed by atoms with E-state index in [9.17, 15) is 19.5 Å². The van der Waals surface area contributed by atoms with Crippen LogP contribution in [-0.4, -0.2) is 71.6 Å². The number of thioether (sulfide) groups is 1. The summed E-state index contributed by atoms with van der Waals surface area (Å²) in [6.45, 7) is 0.897. The molecule has 2 N–H and O–H groups in total. The molecule has 1 aromatic carbocycles. The molecule has 1 spiro atoms. The highest BCUT2D eigenvalue weighted by atomic mass is 32.2. The van der Waals surface area contributed by atoms with Crippen LogP contribution in [0, 0.1) is 5.92 Å². The maximum absolute atomic E-state index is 12.9. The van der Waals surface area contributed by atoms with Gasteiger partial charge in [-0.25, -0.2) is 9.59 Å². The van der Waals surface area contributed by atoms with Crippen LogP contribution in [0.2, 0.25) is 0 Å². The van der Waals surface area contributed by atoms with Crippen LogP contribution in [0.15, 0.2) is 12.1 Å². The van der Waals surface area contributed by atoms with E-state index >= 15 is 0 Å². The van der Waals surface area contributed by atoms with Crippen molar-refractivity contribution in [2.75, 3.05) is 25.6 Å². The first kappa shape index (κ1) is 21.6. The molecule has 0 radical (unpaired) electrons. The Morgan fingerprint density at radius 3 is 3.00 bits per heavy atom. The van der Waals surface area contributed by atoms with Crippen molar-refractivity contribution in [3.05, 3.63) is 23.3 Å². The van der Waals surface area contributed by atoms with Gasteiger partial charge in [-0.15, -0.1) is 0 Å². The number of aliphatic carboxylic acids is 1. The Labute approximate surface area is 191 Å². The highest BCUT2D eigenvalue weighted by molar-refractivity contribution is 7.98. The third-order valence-corrected chi connectivity index (χ3v) is 8.42. The SMILES string of the molecule is CSCC[C@@H](NC(=O)Oc1ccc2c3c1O[C@H]1C(=O)CCC4C(C2)N(C)CCC341)C(=O)O. The minimum absolute atomic E-state index is 0.118. The second-order valence-corrected chi connectivity index (χ2v) is 10.3. The number of likely N-dealkylation sites (N-methyl/N-ethyl adjacent to an activating group) is 1. The van der Waals surface area contributed by atoms with Crippen LogP contribution in [0.25, 0.3) is 0 Å². The lowest BCUT2D eigenvalue weighted by molar-refractivity contribution is -0.139. The number of amides is 1. The molecule has 0 aromatic heterocycles. The van der Waals surface area contributed by atoms with Gasteiger partial charge in [-0.05, 0) is 68.8 Å². The molecule has 3 unspecified atom stereocenters.